The fourth-order valence-electron chi connectivity index (χ4n) is 3.20. The van der Waals surface area contributed by atoms with Crippen LogP contribution in [0.3, 0.4) is 0 Å². The van der Waals surface area contributed by atoms with Crippen molar-refractivity contribution in [2.75, 3.05) is 23.7 Å². The molecule has 0 radical (unpaired) electrons. The maximum atomic E-state index is 12.8. The van der Waals surface area contributed by atoms with E-state index in [0.717, 1.165) is 4.47 Å². The van der Waals surface area contributed by atoms with Gasteiger partial charge < -0.3 is 10.6 Å². The number of anilines is 2. The van der Waals surface area contributed by atoms with Gasteiger partial charge >= 0.3 is 0 Å². The van der Waals surface area contributed by atoms with Gasteiger partial charge in [0.2, 0.25) is 21.8 Å². The van der Waals surface area contributed by atoms with Crippen molar-refractivity contribution in [3.8, 4) is 0 Å². The van der Waals surface area contributed by atoms with E-state index in [1.54, 1.807) is 48.5 Å². The van der Waals surface area contributed by atoms with Crippen LogP contribution < -0.4 is 10.6 Å². The molecule has 7 nitrogen and oxygen atoms in total. The molecule has 0 saturated carbocycles. The Morgan fingerprint density at radius 1 is 0.931 bits per heavy atom. The quantitative estimate of drug-likeness (QED) is 0.686. The van der Waals surface area contributed by atoms with Crippen molar-refractivity contribution in [2.45, 2.75) is 24.7 Å². The zero-order valence-corrected chi connectivity index (χ0v) is 18.3. The van der Waals surface area contributed by atoms with Gasteiger partial charge in [-0.25, -0.2) is 8.42 Å². The molecule has 1 heterocycles. The van der Waals surface area contributed by atoms with Crippen LogP contribution in [-0.2, 0) is 19.6 Å². The molecule has 2 aromatic carbocycles. The number of nitrogens with zero attached hydrogens (tertiary/aromatic N) is 1. The van der Waals surface area contributed by atoms with Gasteiger partial charge in [0.05, 0.1) is 4.90 Å². The number of hydrogen-bond acceptors (Lipinski definition) is 4. The summed E-state index contributed by atoms with van der Waals surface area (Å²) in [6.07, 6.45) is 0.928. The Kier molecular flexibility index (Phi) is 6.71. The molecule has 2 amide bonds. The fourth-order valence-corrected chi connectivity index (χ4v) is 4.93. The van der Waals surface area contributed by atoms with Gasteiger partial charge in [-0.05, 0) is 61.4 Å². The van der Waals surface area contributed by atoms with Gasteiger partial charge in [-0.3, -0.25) is 9.59 Å². The Labute approximate surface area is 178 Å². The molecule has 1 fully saturated rings. The van der Waals surface area contributed by atoms with Gasteiger partial charge in [0.15, 0.2) is 0 Å². The first-order valence-corrected chi connectivity index (χ1v) is 11.4. The van der Waals surface area contributed by atoms with E-state index in [0.29, 0.717) is 37.3 Å². The minimum atomic E-state index is -3.56. The molecule has 2 N–H and O–H groups in total. The van der Waals surface area contributed by atoms with E-state index in [-0.39, 0.29) is 22.6 Å². The van der Waals surface area contributed by atoms with Gasteiger partial charge in [0, 0.05) is 41.8 Å². The van der Waals surface area contributed by atoms with Crippen LogP contribution in [0.1, 0.15) is 19.8 Å². The summed E-state index contributed by atoms with van der Waals surface area (Å²) in [5.74, 6) is -0.536. The lowest BCUT2D eigenvalue weighted by atomic mass is 9.97. The van der Waals surface area contributed by atoms with Crippen molar-refractivity contribution in [1.29, 1.82) is 0 Å². The number of piperidine rings is 1. The van der Waals surface area contributed by atoms with Crippen LogP contribution in [0.4, 0.5) is 11.4 Å². The Balaban J connectivity index is 1.56. The maximum Gasteiger partial charge on any atom is 0.243 e. The summed E-state index contributed by atoms with van der Waals surface area (Å²) < 4.78 is 27.8. The van der Waals surface area contributed by atoms with Gasteiger partial charge in [-0.1, -0.05) is 15.9 Å². The standard InChI is InChI=1S/C20H22BrN3O4S/c1-14(25)22-17-4-6-18(7-5-17)23-20(26)15-10-12-24(13-11-15)29(27,28)19-8-2-16(21)3-9-19/h2-9,15H,10-13H2,1H3,(H,22,25)(H,23,26). The Morgan fingerprint density at radius 2 is 1.45 bits per heavy atom. The number of amides is 2. The highest BCUT2D eigenvalue weighted by Crippen LogP contribution is 2.26. The molecule has 1 aliphatic rings. The average molecular weight is 480 g/mol. The second-order valence-corrected chi connectivity index (χ2v) is 9.73. The maximum absolute atomic E-state index is 12.8. The summed E-state index contributed by atoms with van der Waals surface area (Å²) in [5, 5.41) is 5.53. The molecular formula is C20H22BrN3O4S. The fraction of sp³-hybridized carbons (Fsp3) is 0.300. The highest BCUT2D eigenvalue weighted by atomic mass is 79.9. The number of hydrogen-bond donors (Lipinski definition) is 2. The molecule has 0 bridgehead atoms. The van der Waals surface area contributed by atoms with E-state index in [1.165, 1.54) is 11.2 Å². The number of carbonyl (C=O) groups excluding carboxylic acids is 2. The minimum absolute atomic E-state index is 0.127. The number of rotatable bonds is 5. The van der Waals surface area contributed by atoms with E-state index >= 15 is 0 Å². The van der Waals surface area contributed by atoms with Crippen LogP contribution in [0.15, 0.2) is 57.9 Å². The van der Waals surface area contributed by atoms with Crippen molar-refractivity contribution in [1.82, 2.24) is 4.31 Å². The van der Waals surface area contributed by atoms with E-state index in [2.05, 4.69) is 26.6 Å². The first-order valence-electron chi connectivity index (χ1n) is 9.20. The molecule has 0 aliphatic carbocycles. The lowest BCUT2D eigenvalue weighted by Gasteiger charge is -2.30. The van der Waals surface area contributed by atoms with Crippen LogP contribution in [0.2, 0.25) is 0 Å². The highest BCUT2D eigenvalue weighted by Gasteiger charge is 2.32. The summed E-state index contributed by atoms with van der Waals surface area (Å²) >= 11 is 3.30. The molecule has 0 unspecified atom stereocenters. The topological polar surface area (TPSA) is 95.6 Å². The second-order valence-electron chi connectivity index (χ2n) is 6.88. The third-order valence-corrected chi connectivity index (χ3v) is 7.19. The second kappa shape index (κ2) is 9.06. The van der Waals surface area contributed by atoms with Crippen molar-refractivity contribution >= 4 is 49.1 Å². The SMILES string of the molecule is CC(=O)Nc1ccc(NC(=O)C2CCN(S(=O)(=O)c3ccc(Br)cc3)CC2)cc1. The predicted molar refractivity (Wildman–Crippen MR) is 115 cm³/mol. The Morgan fingerprint density at radius 3 is 1.97 bits per heavy atom. The van der Waals surface area contributed by atoms with Crippen molar-refractivity contribution in [3.05, 3.63) is 53.0 Å². The lowest BCUT2D eigenvalue weighted by Crippen LogP contribution is -2.41. The normalized spacial score (nSPS) is 15.7. The van der Waals surface area contributed by atoms with Crippen molar-refractivity contribution < 1.29 is 18.0 Å². The molecule has 0 aromatic heterocycles. The van der Waals surface area contributed by atoms with E-state index in [4.69, 9.17) is 0 Å². The molecule has 29 heavy (non-hydrogen) atoms. The van der Waals surface area contributed by atoms with Crippen LogP contribution in [-0.4, -0.2) is 37.6 Å². The van der Waals surface area contributed by atoms with E-state index in [1.807, 2.05) is 0 Å². The molecule has 0 spiro atoms. The van der Waals surface area contributed by atoms with E-state index < -0.39 is 10.0 Å². The van der Waals surface area contributed by atoms with Crippen LogP contribution >= 0.6 is 15.9 Å². The Hall–Kier alpha value is -2.23. The monoisotopic (exact) mass is 479 g/mol. The smallest absolute Gasteiger partial charge is 0.243 e. The number of benzene rings is 2. The van der Waals surface area contributed by atoms with Crippen LogP contribution in [0.5, 0.6) is 0 Å². The molecule has 1 saturated heterocycles. The third kappa shape index (κ3) is 5.43. The molecule has 0 atom stereocenters. The summed E-state index contributed by atoms with van der Waals surface area (Å²) in [5.41, 5.74) is 1.29. The predicted octanol–water partition coefficient (Wildman–Crippen LogP) is 3.45. The largest absolute Gasteiger partial charge is 0.326 e. The summed E-state index contributed by atoms with van der Waals surface area (Å²) in [6.45, 7) is 2.04. The van der Waals surface area contributed by atoms with Gasteiger partial charge in [-0.2, -0.15) is 4.31 Å². The molecule has 154 valence electrons. The first-order chi connectivity index (χ1) is 13.8. The zero-order valence-electron chi connectivity index (χ0n) is 15.9. The highest BCUT2D eigenvalue weighted by molar-refractivity contribution is 9.10. The van der Waals surface area contributed by atoms with Gasteiger partial charge in [-0.15, -0.1) is 0 Å². The molecular weight excluding hydrogens is 458 g/mol. The van der Waals surface area contributed by atoms with Crippen LogP contribution in [0.25, 0.3) is 0 Å². The molecule has 3 rings (SSSR count). The van der Waals surface area contributed by atoms with E-state index in [9.17, 15) is 18.0 Å². The summed E-state index contributed by atoms with van der Waals surface area (Å²) in [7, 11) is -3.56. The summed E-state index contributed by atoms with van der Waals surface area (Å²) in [6, 6.07) is 13.4. The molecule has 2 aromatic rings. The molecule has 1 aliphatic heterocycles. The number of nitrogens with one attached hydrogen (secondary N) is 2. The van der Waals surface area contributed by atoms with Gasteiger partial charge in [0.1, 0.15) is 0 Å². The number of carbonyl (C=O) groups is 2. The summed E-state index contributed by atoms with van der Waals surface area (Å²) in [4.78, 5) is 23.8. The number of sulfonamides is 1. The zero-order chi connectivity index (χ0) is 21.0. The number of halogens is 1. The molecule has 9 heteroatoms. The minimum Gasteiger partial charge on any atom is -0.326 e. The lowest BCUT2D eigenvalue weighted by molar-refractivity contribution is -0.121. The Bertz CT molecular complexity index is 983. The average Bonchev–Trinajstić information content (AvgIpc) is 2.69. The third-order valence-electron chi connectivity index (χ3n) is 4.75. The van der Waals surface area contributed by atoms with Crippen molar-refractivity contribution in [2.24, 2.45) is 5.92 Å². The first kappa shape index (κ1) is 21.5. The van der Waals surface area contributed by atoms with Gasteiger partial charge in [0.25, 0.3) is 0 Å². The van der Waals surface area contributed by atoms with Crippen LogP contribution in [0, 0.1) is 5.92 Å². The van der Waals surface area contributed by atoms with Crippen molar-refractivity contribution in [3.63, 3.8) is 0 Å².